The van der Waals surface area contributed by atoms with Gasteiger partial charge in [-0.2, -0.15) is 0 Å². The highest BCUT2D eigenvalue weighted by molar-refractivity contribution is 6.04. The van der Waals surface area contributed by atoms with Gasteiger partial charge >= 0.3 is 11.9 Å². The molecule has 22 heavy (non-hydrogen) atoms. The molecule has 0 amide bonds. The molecule has 1 aromatic carbocycles. The van der Waals surface area contributed by atoms with Gasteiger partial charge in [0.25, 0.3) is 0 Å². The molecular weight excluding hydrogens is 291 g/mol. The van der Waals surface area contributed by atoms with Crippen LogP contribution < -0.4 is 0 Å². The van der Waals surface area contributed by atoms with E-state index in [1.54, 1.807) is 6.07 Å². The molecule has 0 saturated heterocycles. The zero-order valence-electron chi connectivity index (χ0n) is 11.0. The molecule has 6 nitrogen and oxygen atoms in total. The highest BCUT2D eigenvalue weighted by Crippen LogP contribution is 2.27. The Hall–Kier alpha value is -3.22. The van der Waals surface area contributed by atoms with Gasteiger partial charge in [0.05, 0.1) is 16.6 Å². The number of nitrogens with zero attached hydrogens (tertiary/aromatic N) is 2. The third-order valence-corrected chi connectivity index (χ3v) is 3.21. The van der Waals surface area contributed by atoms with Crippen LogP contribution in [0.3, 0.4) is 0 Å². The number of halogens is 1. The van der Waals surface area contributed by atoms with Crippen molar-refractivity contribution in [2.45, 2.75) is 0 Å². The highest BCUT2D eigenvalue weighted by Gasteiger charge is 2.23. The number of rotatable bonds is 3. The van der Waals surface area contributed by atoms with Gasteiger partial charge in [-0.25, -0.2) is 19.0 Å². The summed E-state index contributed by atoms with van der Waals surface area (Å²) < 4.78 is 15.2. The predicted molar refractivity (Wildman–Crippen MR) is 74.5 cm³/mol. The number of hydrogen-bond donors (Lipinski definition) is 2. The van der Waals surface area contributed by atoms with Crippen molar-refractivity contribution in [3.05, 3.63) is 59.7 Å². The Morgan fingerprint density at radius 1 is 1.05 bits per heavy atom. The van der Waals surface area contributed by atoms with Crippen molar-refractivity contribution in [3.8, 4) is 11.4 Å². The number of aromatic carboxylic acids is 2. The maximum Gasteiger partial charge on any atom is 0.356 e. The Labute approximate surface area is 123 Å². The van der Waals surface area contributed by atoms with E-state index in [0.29, 0.717) is 0 Å². The van der Waals surface area contributed by atoms with Crippen molar-refractivity contribution in [1.29, 1.82) is 0 Å². The second kappa shape index (κ2) is 4.96. The molecule has 2 heterocycles. The summed E-state index contributed by atoms with van der Waals surface area (Å²) in [6.45, 7) is 0. The zero-order valence-corrected chi connectivity index (χ0v) is 11.0. The summed E-state index contributed by atoms with van der Waals surface area (Å²) in [4.78, 5) is 26.6. The number of carbonyl (C=O) groups is 2. The Bertz CT molecular complexity index is 917. The molecule has 3 rings (SSSR count). The molecule has 0 unspecified atom stereocenters. The summed E-state index contributed by atoms with van der Waals surface area (Å²) in [7, 11) is 0. The number of pyridine rings is 1. The minimum absolute atomic E-state index is 0.0357. The fourth-order valence-electron chi connectivity index (χ4n) is 2.29. The number of benzene rings is 1. The first-order valence-corrected chi connectivity index (χ1v) is 6.23. The monoisotopic (exact) mass is 300 g/mol. The quantitative estimate of drug-likeness (QED) is 0.775. The van der Waals surface area contributed by atoms with E-state index in [-0.39, 0.29) is 22.5 Å². The average molecular weight is 300 g/mol. The molecule has 0 bridgehead atoms. The Morgan fingerprint density at radius 2 is 1.77 bits per heavy atom. The summed E-state index contributed by atoms with van der Waals surface area (Å²) in [5.74, 6) is -3.21. The normalized spacial score (nSPS) is 10.8. The van der Waals surface area contributed by atoms with Crippen LogP contribution in [-0.4, -0.2) is 31.5 Å². The lowest BCUT2D eigenvalue weighted by atomic mass is 10.2. The Balaban J connectivity index is 2.44. The summed E-state index contributed by atoms with van der Waals surface area (Å²) in [5.41, 5.74) is -0.639. The van der Waals surface area contributed by atoms with Gasteiger partial charge in [-0.1, -0.05) is 12.1 Å². The van der Waals surface area contributed by atoms with Crippen molar-refractivity contribution in [3.63, 3.8) is 0 Å². The van der Waals surface area contributed by atoms with Crippen LogP contribution in [0.4, 0.5) is 4.39 Å². The molecule has 0 aliphatic carbocycles. The number of hydrogen-bond acceptors (Lipinski definition) is 3. The predicted octanol–water partition coefficient (Wildman–Crippen LogP) is 2.54. The maximum atomic E-state index is 14.0. The topological polar surface area (TPSA) is 91.9 Å². The molecule has 0 aliphatic rings. The zero-order chi connectivity index (χ0) is 15.9. The molecular formula is C15H9FN2O4. The maximum absolute atomic E-state index is 14.0. The molecule has 0 atom stereocenters. The van der Waals surface area contributed by atoms with Crippen molar-refractivity contribution < 1.29 is 24.2 Å². The molecule has 110 valence electrons. The molecule has 0 aliphatic heterocycles. The molecule has 0 spiro atoms. The van der Waals surface area contributed by atoms with E-state index in [4.69, 9.17) is 0 Å². The highest BCUT2D eigenvalue weighted by atomic mass is 19.1. The smallest absolute Gasteiger partial charge is 0.356 e. The van der Waals surface area contributed by atoms with Gasteiger partial charge in [0.2, 0.25) is 0 Å². The van der Waals surface area contributed by atoms with Gasteiger partial charge in [-0.3, -0.25) is 4.40 Å². The summed E-state index contributed by atoms with van der Waals surface area (Å²) >= 11 is 0. The molecule has 2 aromatic heterocycles. The van der Waals surface area contributed by atoms with E-state index in [1.165, 1.54) is 40.9 Å². The third-order valence-electron chi connectivity index (χ3n) is 3.21. The van der Waals surface area contributed by atoms with Gasteiger partial charge in [0.15, 0.2) is 5.69 Å². The van der Waals surface area contributed by atoms with Crippen LogP contribution in [0.25, 0.3) is 16.9 Å². The second-order valence-corrected chi connectivity index (χ2v) is 4.51. The molecule has 0 saturated carbocycles. The molecule has 7 heteroatoms. The van der Waals surface area contributed by atoms with Gasteiger partial charge in [-0.15, -0.1) is 0 Å². The van der Waals surface area contributed by atoms with E-state index < -0.39 is 23.4 Å². The molecule has 0 fully saturated rings. The molecule has 2 N–H and O–H groups in total. The van der Waals surface area contributed by atoms with E-state index in [9.17, 15) is 24.2 Å². The van der Waals surface area contributed by atoms with E-state index in [2.05, 4.69) is 4.98 Å². The largest absolute Gasteiger partial charge is 0.478 e. The first-order chi connectivity index (χ1) is 10.5. The van der Waals surface area contributed by atoms with E-state index in [0.717, 1.165) is 0 Å². The second-order valence-electron chi connectivity index (χ2n) is 4.51. The Morgan fingerprint density at radius 3 is 2.41 bits per heavy atom. The van der Waals surface area contributed by atoms with Crippen LogP contribution in [0, 0.1) is 5.82 Å². The molecule has 0 radical (unpaired) electrons. The average Bonchev–Trinajstić information content (AvgIpc) is 2.87. The van der Waals surface area contributed by atoms with E-state index >= 15 is 0 Å². The van der Waals surface area contributed by atoms with Crippen LogP contribution in [0.5, 0.6) is 0 Å². The number of aromatic nitrogens is 2. The van der Waals surface area contributed by atoms with Crippen molar-refractivity contribution in [2.75, 3.05) is 0 Å². The van der Waals surface area contributed by atoms with Crippen molar-refractivity contribution in [1.82, 2.24) is 9.38 Å². The number of imidazole rings is 1. The first kappa shape index (κ1) is 13.7. The van der Waals surface area contributed by atoms with Crippen LogP contribution in [0.1, 0.15) is 20.8 Å². The van der Waals surface area contributed by atoms with Gasteiger partial charge < -0.3 is 10.2 Å². The Kier molecular flexibility index (Phi) is 3.10. The fraction of sp³-hybridized carbons (Fsp3) is 0. The van der Waals surface area contributed by atoms with Gasteiger partial charge in [0.1, 0.15) is 11.6 Å². The van der Waals surface area contributed by atoms with Crippen molar-refractivity contribution >= 4 is 17.5 Å². The minimum Gasteiger partial charge on any atom is -0.478 e. The lowest BCUT2D eigenvalue weighted by Gasteiger charge is -2.04. The van der Waals surface area contributed by atoms with E-state index in [1.807, 2.05) is 0 Å². The first-order valence-electron chi connectivity index (χ1n) is 6.23. The number of carboxylic acids is 2. The van der Waals surface area contributed by atoms with Crippen molar-refractivity contribution in [2.24, 2.45) is 0 Å². The lowest BCUT2D eigenvalue weighted by molar-refractivity contribution is 0.0691. The van der Waals surface area contributed by atoms with Gasteiger partial charge in [-0.05, 0) is 24.3 Å². The number of carboxylic acid groups (broad SMARTS) is 2. The van der Waals surface area contributed by atoms with Gasteiger partial charge in [0, 0.05) is 6.20 Å². The third kappa shape index (κ3) is 1.99. The standard InChI is InChI=1S/C15H9FN2O4/c16-10-6-2-1-4-8(10)13-17-11(15(21)22)12-9(14(19)20)5-3-7-18(12)13/h1-7H,(H,19,20)(H,21,22). The summed E-state index contributed by atoms with van der Waals surface area (Å²) in [6, 6.07) is 8.46. The van der Waals surface area contributed by atoms with Crippen LogP contribution in [0.2, 0.25) is 0 Å². The minimum atomic E-state index is -1.38. The summed E-state index contributed by atoms with van der Waals surface area (Å²) in [6.07, 6.45) is 1.45. The molecule has 3 aromatic rings. The summed E-state index contributed by atoms with van der Waals surface area (Å²) in [5, 5.41) is 18.5. The lowest BCUT2D eigenvalue weighted by Crippen LogP contribution is -2.04. The van der Waals surface area contributed by atoms with Crippen LogP contribution >= 0.6 is 0 Å². The number of fused-ring (bicyclic) bond motifs is 1. The fourth-order valence-corrected chi connectivity index (χ4v) is 2.29. The van der Waals surface area contributed by atoms with Crippen LogP contribution in [0.15, 0.2) is 42.6 Å². The SMILES string of the molecule is O=C(O)c1cccn2c(-c3ccccc3F)nc(C(=O)O)c12. The van der Waals surface area contributed by atoms with Crippen LogP contribution in [-0.2, 0) is 0 Å².